The van der Waals surface area contributed by atoms with Gasteiger partial charge in [-0.3, -0.25) is 4.57 Å². The van der Waals surface area contributed by atoms with Gasteiger partial charge in [-0.15, -0.1) is 0 Å². The maximum absolute atomic E-state index is 6.11. The Hall–Kier alpha value is -2.09. The minimum absolute atomic E-state index is 0.131. The molecule has 0 saturated carbocycles. The lowest BCUT2D eigenvalue weighted by Crippen LogP contribution is -2.20. The van der Waals surface area contributed by atoms with E-state index in [1.807, 2.05) is 4.57 Å². The van der Waals surface area contributed by atoms with Gasteiger partial charge in [0.25, 0.3) is 0 Å². The summed E-state index contributed by atoms with van der Waals surface area (Å²) in [6, 6.07) is 0.729. The van der Waals surface area contributed by atoms with Gasteiger partial charge in [0.1, 0.15) is 6.23 Å². The van der Waals surface area contributed by atoms with Crippen molar-refractivity contribution in [2.24, 2.45) is 0 Å². The molecule has 2 aromatic heterocycles. The Bertz CT molecular complexity index is 695. The Morgan fingerprint density at radius 2 is 2.21 bits per heavy atom. The number of hydrogen-bond acceptors (Lipinski definition) is 7. The molecule has 8 heteroatoms. The molecule has 0 radical (unpaired) electrons. The highest BCUT2D eigenvalue weighted by Crippen LogP contribution is 2.33. The summed E-state index contributed by atoms with van der Waals surface area (Å²) in [5.41, 5.74) is 7.31. The maximum Gasteiger partial charge on any atom is 0.300 e. The van der Waals surface area contributed by atoms with Crippen LogP contribution in [0.4, 0.5) is 11.8 Å². The van der Waals surface area contributed by atoms with Crippen LogP contribution in [0, 0.1) is 0 Å². The van der Waals surface area contributed by atoms with Gasteiger partial charge in [0, 0.05) is 12.6 Å². The first kappa shape index (κ1) is 16.8. The molecule has 3 heterocycles. The van der Waals surface area contributed by atoms with Gasteiger partial charge in [-0.1, -0.05) is 13.3 Å². The molecule has 2 aromatic rings. The average Bonchev–Trinajstić information content (AvgIpc) is 2.95. The minimum atomic E-state index is -0.131. The largest absolute Gasteiger partial charge is 0.468 e. The van der Waals surface area contributed by atoms with Crippen LogP contribution >= 0.6 is 0 Å². The number of ether oxygens (including phenoxy) is 2. The van der Waals surface area contributed by atoms with Crippen molar-refractivity contribution < 1.29 is 9.47 Å². The summed E-state index contributed by atoms with van der Waals surface area (Å²) in [6.07, 6.45) is 5.08. The van der Waals surface area contributed by atoms with Crippen molar-refractivity contribution in [2.75, 3.05) is 24.8 Å². The third kappa shape index (κ3) is 3.24. The van der Waals surface area contributed by atoms with Gasteiger partial charge < -0.3 is 20.5 Å². The molecular weight excluding hydrogens is 308 g/mol. The molecule has 0 bridgehead atoms. The standard InChI is InChI=1S/C16H26N6O2/c1-4-7-10(2)18-15-20-13(17)12-14(21-15)22(16(19-12)23-3)11-8-5-6-9-24-11/h10-11H,4-9H2,1-3H3,(H3,17,18,20,21)/t10-,11+/m1/s1. The highest BCUT2D eigenvalue weighted by atomic mass is 16.5. The summed E-state index contributed by atoms with van der Waals surface area (Å²) in [4.78, 5) is 13.4. The first-order valence-electron chi connectivity index (χ1n) is 8.61. The van der Waals surface area contributed by atoms with Crippen molar-refractivity contribution in [3.63, 3.8) is 0 Å². The van der Waals surface area contributed by atoms with Gasteiger partial charge in [-0.2, -0.15) is 15.0 Å². The number of nitrogens with zero attached hydrogens (tertiary/aromatic N) is 4. The molecule has 1 aliphatic rings. The van der Waals surface area contributed by atoms with Crippen LogP contribution in [0.25, 0.3) is 11.2 Å². The second kappa shape index (κ2) is 7.21. The van der Waals surface area contributed by atoms with E-state index in [-0.39, 0.29) is 12.3 Å². The Labute approximate surface area is 141 Å². The zero-order chi connectivity index (χ0) is 17.1. The van der Waals surface area contributed by atoms with Gasteiger partial charge >= 0.3 is 6.01 Å². The van der Waals surface area contributed by atoms with Crippen LogP contribution in [0.3, 0.4) is 0 Å². The number of fused-ring (bicyclic) bond motifs is 1. The van der Waals surface area contributed by atoms with E-state index < -0.39 is 0 Å². The summed E-state index contributed by atoms with van der Waals surface area (Å²) < 4.78 is 13.2. The first-order valence-corrected chi connectivity index (χ1v) is 8.61. The lowest BCUT2D eigenvalue weighted by molar-refractivity contribution is -0.0334. The first-order chi connectivity index (χ1) is 11.6. The van der Waals surface area contributed by atoms with Gasteiger partial charge in [0.2, 0.25) is 5.95 Å². The maximum atomic E-state index is 6.11. The highest BCUT2D eigenvalue weighted by molar-refractivity contribution is 5.84. The number of imidazole rings is 1. The van der Waals surface area contributed by atoms with E-state index >= 15 is 0 Å². The predicted octanol–water partition coefficient (Wildman–Crippen LogP) is 2.72. The van der Waals surface area contributed by atoms with E-state index in [1.54, 1.807) is 7.11 Å². The minimum Gasteiger partial charge on any atom is -0.468 e. The smallest absolute Gasteiger partial charge is 0.300 e. The molecule has 3 N–H and O–H groups in total. The second-order valence-corrected chi connectivity index (χ2v) is 6.23. The number of methoxy groups -OCH3 is 1. The molecule has 8 nitrogen and oxygen atoms in total. The number of nitrogen functional groups attached to an aromatic ring is 1. The third-order valence-corrected chi connectivity index (χ3v) is 4.26. The molecule has 2 atom stereocenters. The number of nitrogens with two attached hydrogens (primary N) is 1. The van der Waals surface area contributed by atoms with E-state index in [0.29, 0.717) is 28.9 Å². The summed E-state index contributed by atoms with van der Waals surface area (Å²) in [6.45, 7) is 4.99. The van der Waals surface area contributed by atoms with E-state index in [4.69, 9.17) is 15.2 Å². The van der Waals surface area contributed by atoms with Crippen molar-refractivity contribution >= 4 is 22.9 Å². The Morgan fingerprint density at radius 1 is 1.38 bits per heavy atom. The number of anilines is 2. The molecule has 1 saturated heterocycles. The van der Waals surface area contributed by atoms with E-state index in [0.717, 1.165) is 38.7 Å². The molecule has 1 fully saturated rings. The molecule has 0 unspecified atom stereocenters. The van der Waals surface area contributed by atoms with Gasteiger partial charge in [0.05, 0.1) is 7.11 Å². The Balaban J connectivity index is 2.02. The van der Waals surface area contributed by atoms with Crippen molar-refractivity contribution in [1.29, 1.82) is 0 Å². The van der Waals surface area contributed by atoms with Gasteiger partial charge in [-0.05, 0) is 32.6 Å². The summed E-state index contributed by atoms with van der Waals surface area (Å²) >= 11 is 0. The van der Waals surface area contributed by atoms with Crippen molar-refractivity contribution in [3.8, 4) is 6.01 Å². The topological polar surface area (TPSA) is 100 Å². The summed E-state index contributed by atoms with van der Waals surface area (Å²) in [7, 11) is 1.59. The number of hydrogen-bond donors (Lipinski definition) is 2. The SMILES string of the molecule is CCC[C@@H](C)Nc1nc(N)c2nc(OC)n([C@@H]3CCCCO3)c2n1. The van der Waals surface area contributed by atoms with Gasteiger partial charge in [-0.25, -0.2) is 0 Å². The summed E-state index contributed by atoms with van der Waals surface area (Å²) in [5, 5.41) is 3.31. The molecule has 3 rings (SSSR count). The molecule has 0 aliphatic carbocycles. The van der Waals surface area contributed by atoms with E-state index in [9.17, 15) is 0 Å². The Kier molecular flexibility index (Phi) is 5.03. The fraction of sp³-hybridized carbons (Fsp3) is 0.688. The number of rotatable bonds is 6. The normalized spacial score (nSPS) is 19.4. The van der Waals surface area contributed by atoms with Crippen molar-refractivity contribution in [2.45, 2.75) is 58.2 Å². The number of nitrogens with one attached hydrogen (secondary N) is 1. The quantitative estimate of drug-likeness (QED) is 0.837. The molecule has 24 heavy (non-hydrogen) atoms. The lowest BCUT2D eigenvalue weighted by atomic mass is 10.2. The lowest BCUT2D eigenvalue weighted by Gasteiger charge is -2.24. The second-order valence-electron chi connectivity index (χ2n) is 6.23. The zero-order valence-corrected chi connectivity index (χ0v) is 14.6. The zero-order valence-electron chi connectivity index (χ0n) is 14.6. The molecule has 0 aromatic carbocycles. The molecular formula is C16H26N6O2. The van der Waals surface area contributed by atoms with Crippen LogP contribution in [0.2, 0.25) is 0 Å². The van der Waals surface area contributed by atoms with Crippen molar-refractivity contribution in [3.05, 3.63) is 0 Å². The highest BCUT2D eigenvalue weighted by Gasteiger charge is 2.25. The van der Waals surface area contributed by atoms with Crippen LogP contribution < -0.4 is 15.8 Å². The van der Waals surface area contributed by atoms with Crippen LogP contribution in [0.1, 0.15) is 52.2 Å². The fourth-order valence-corrected chi connectivity index (χ4v) is 3.10. The fourth-order valence-electron chi connectivity index (χ4n) is 3.10. The van der Waals surface area contributed by atoms with Crippen LogP contribution in [-0.2, 0) is 4.74 Å². The van der Waals surface area contributed by atoms with Crippen LogP contribution in [-0.4, -0.2) is 39.3 Å². The molecule has 132 valence electrons. The molecule has 0 amide bonds. The third-order valence-electron chi connectivity index (χ3n) is 4.26. The average molecular weight is 334 g/mol. The van der Waals surface area contributed by atoms with Crippen LogP contribution in [0.15, 0.2) is 0 Å². The van der Waals surface area contributed by atoms with E-state index in [2.05, 4.69) is 34.1 Å². The molecule has 0 spiro atoms. The monoisotopic (exact) mass is 334 g/mol. The van der Waals surface area contributed by atoms with Crippen molar-refractivity contribution in [1.82, 2.24) is 19.5 Å². The number of aromatic nitrogens is 4. The molecule has 1 aliphatic heterocycles. The van der Waals surface area contributed by atoms with Gasteiger partial charge in [0.15, 0.2) is 17.0 Å². The Morgan fingerprint density at radius 3 is 2.88 bits per heavy atom. The van der Waals surface area contributed by atoms with Crippen LogP contribution in [0.5, 0.6) is 6.01 Å². The predicted molar refractivity (Wildman–Crippen MR) is 93.1 cm³/mol. The summed E-state index contributed by atoms with van der Waals surface area (Å²) in [5.74, 6) is 0.861. The van der Waals surface area contributed by atoms with E-state index in [1.165, 1.54) is 0 Å².